The number of anilines is 1. The van der Waals surface area contributed by atoms with Crippen LogP contribution in [0, 0.1) is 11.8 Å². The predicted molar refractivity (Wildman–Crippen MR) is 116 cm³/mol. The fourth-order valence-corrected chi connectivity index (χ4v) is 3.93. The van der Waals surface area contributed by atoms with E-state index >= 15 is 0 Å². The van der Waals surface area contributed by atoms with E-state index < -0.39 is 11.9 Å². The summed E-state index contributed by atoms with van der Waals surface area (Å²) in [5.41, 5.74) is 6.43. The van der Waals surface area contributed by atoms with Crippen molar-refractivity contribution >= 4 is 28.5 Å². The highest BCUT2D eigenvalue weighted by molar-refractivity contribution is 5.92. The zero-order chi connectivity index (χ0) is 21.3. The molecule has 0 spiro atoms. The van der Waals surface area contributed by atoms with Crippen molar-refractivity contribution in [2.45, 2.75) is 39.3 Å². The molecule has 160 valence electrons. The van der Waals surface area contributed by atoms with E-state index in [1.165, 1.54) is 0 Å². The van der Waals surface area contributed by atoms with Crippen molar-refractivity contribution in [3.8, 4) is 0 Å². The van der Waals surface area contributed by atoms with Gasteiger partial charge in [-0.1, -0.05) is 26.0 Å². The summed E-state index contributed by atoms with van der Waals surface area (Å²) in [6, 6.07) is 7.27. The van der Waals surface area contributed by atoms with E-state index in [9.17, 15) is 9.59 Å². The minimum atomic E-state index is -0.506. The van der Waals surface area contributed by atoms with Gasteiger partial charge in [0.25, 0.3) is 0 Å². The van der Waals surface area contributed by atoms with Gasteiger partial charge in [-0.15, -0.1) is 0 Å². The van der Waals surface area contributed by atoms with Crippen LogP contribution in [0.5, 0.6) is 0 Å². The Labute approximate surface area is 176 Å². The van der Waals surface area contributed by atoms with Gasteiger partial charge in [0.2, 0.25) is 11.8 Å². The van der Waals surface area contributed by atoms with Crippen molar-refractivity contribution in [1.82, 2.24) is 19.8 Å². The first-order valence-electron chi connectivity index (χ1n) is 10.7. The average molecular weight is 411 g/mol. The van der Waals surface area contributed by atoms with E-state index in [0.29, 0.717) is 24.1 Å². The summed E-state index contributed by atoms with van der Waals surface area (Å²) in [6.45, 7) is 7.65. The van der Waals surface area contributed by atoms with Gasteiger partial charge >= 0.3 is 0 Å². The monoisotopic (exact) mass is 410 g/mol. The largest absolute Gasteiger partial charge is 0.368 e. The second-order valence-electron chi connectivity index (χ2n) is 8.65. The van der Waals surface area contributed by atoms with Gasteiger partial charge in [-0.2, -0.15) is 0 Å². The molecule has 0 unspecified atom stereocenters. The molecule has 2 fully saturated rings. The van der Waals surface area contributed by atoms with Gasteiger partial charge in [0.05, 0.1) is 12.1 Å². The number of nitrogens with one attached hydrogen (secondary N) is 1. The summed E-state index contributed by atoms with van der Waals surface area (Å²) in [4.78, 5) is 37.9. The highest BCUT2D eigenvalue weighted by Crippen LogP contribution is 2.31. The average Bonchev–Trinajstić information content (AvgIpc) is 3.57. The number of aromatic nitrogens is 2. The number of benzene rings is 1. The van der Waals surface area contributed by atoms with Crippen molar-refractivity contribution in [1.29, 1.82) is 0 Å². The van der Waals surface area contributed by atoms with Crippen LogP contribution >= 0.6 is 0 Å². The van der Waals surface area contributed by atoms with Crippen molar-refractivity contribution in [2.75, 3.05) is 31.5 Å². The number of carbonyl (C=O) groups is 2. The number of fused-ring (bicyclic) bond motifs is 1. The molecule has 1 saturated carbocycles. The molecule has 2 heterocycles. The van der Waals surface area contributed by atoms with Gasteiger partial charge in [-0.05, 0) is 30.9 Å². The Morgan fingerprint density at radius 1 is 1.13 bits per heavy atom. The third kappa shape index (κ3) is 4.53. The molecular weight excluding hydrogens is 380 g/mol. The highest BCUT2D eigenvalue weighted by Gasteiger charge is 2.34. The van der Waals surface area contributed by atoms with Crippen LogP contribution in [-0.2, 0) is 16.1 Å². The Morgan fingerprint density at radius 3 is 2.47 bits per heavy atom. The summed E-state index contributed by atoms with van der Waals surface area (Å²) in [6.07, 6.45) is 2.09. The van der Waals surface area contributed by atoms with Crippen LogP contribution in [-0.4, -0.2) is 63.8 Å². The lowest BCUT2D eigenvalue weighted by Gasteiger charge is -2.34. The molecule has 1 aliphatic heterocycles. The normalized spacial score (nSPS) is 18.6. The van der Waals surface area contributed by atoms with Gasteiger partial charge in [0.1, 0.15) is 17.7 Å². The number of nitrogens with two attached hydrogens (primary N) is 1. The molecule has 1 atom stereocenters. The molecule has 0 bridgehead atoms. The zero-order valence-corrected chi connectivity index (χ0v) is 17.7. The van der Waals surface area contributed by atoms with Crippen molar-refractivity contribution < 1.29 is 9.59 Å². The number of rotatable bonds is 7. The van der Waals surface area contributed by atoms with E-state index in [1.54, 1.807) is 0 Å². The SMILES string of the molecule is CC(C)[C@H](Nc1nc(CN2CCN(C(=O)C3CC3)CC2)nc2ccccc12)C(N)=O. The molecule has 4 rings (SSSR count). The van der Waals surface area contributed by atoms with Gasteiger partial charge < -0.3 is 16.0 Å². The van der Waals surface area contributed by atoms with Crippen LogP contribution in [0.1, 0.15) is 32.5 Å². The standard InChI is InChI=1S/C22H30N6O2/c1-14(2)19(20(23)29)26-21-16-5-3-4-6-17(16)24-18(25-21)13-27-9-11-28(12-10-27)22(30)15-7-8-15/h3-6,14-15,19H,7-13H2,1-2H3,(H2,23,29)(H,24,25,26)/t19-/m0/s1. The summed E-state index contributed by atoms with van der Waals surface area (Å²) < 4.78 is 0. The smallest absolute Gasteiger partial charge is 0.240 e. The van der Waals surface area contributed by atoms with E-state index in [1.807, 2.05) is 43.0 Å². The lowest BCUT2D eigenvalue weighted by Crippen LogP contribution is -2.48. The maximum Gasteiger partial charge on any atom is 0.240 e. The van der Waals surface area contributed by atoms with Gasteiger partial charge in [-0.25, -0.2) is 9.97 Å². The maximum atomic E-state index is 12.3. The van der Waals surface area contributed by atoms with Gasteiger partial charge in [-0.3, -0.25) is 14.5 Å². The molecule has 2 aliphatic rings. The number of piperazine rings is 1. The molecular formula is C22H30N6O2. The van der Waals surface area contributed by atoms with Crippen LogP contribution in [0.15, 0.2) is 24.3 Å². The molecule has 30 heavy (non-hydrogen) atoms. The molecule has 1 saturated heterocycles. The Bertz CT molecular complexity index is 934. The molecule has 1 aromatic heterocycles. The lowest BCUT2D eigenvalue weighted by molar-refractivity contribution is -0.134. The number of hydrogen-bond acceptors (Lipinski definition) is 6. The first-order chi connectivity index (χ1) is 14.4. The quantitative estimate of drug-likeness (QED) is 0.719. The molecule has 8 nitrogen and oxygen atoms in total. The molecule has 2 amide bonds. The second kappa shape index (κ2) is 8.55. The van der Waals surface area contributed by atoms with Crippen LogP contribution in [0.3, 0.4) is 0 Å². The van der Waals surface area contributed by atoms with Crippen LogP contribution < -0.4 is 11.1 Å². The summed E-state index contributed by atoms with van der Waals surface area (Å²) in [5.74, 6) is 1.56. The molecule has 3 N–H and O–H groups in total. The Balaban J connectivity index is 1.50. The first-order valence-corrected chi connectivity index (χ1v) is 10.7. The first kappa shape index (κ1) is 20.5. The number of nitrogens with zero attached hydrogens (tertiary/aromatic N) is 4. The number of amides is 2. The minimum Gasteiger partial charge on any atom is -0.368 e. The van der Waals surface area contributed by atoms with E-state index in [2.05, 4.69) is 10.2 Å². The third-order valence-electron chi connectivity index (χ3n) is 5.89. The Kier molecular flexibility index (Phi) is 5.85. The third-order valence-corrected chi connectivity index (χ3v) is 5.89. The number of carbonyl (C=O) groups excluding carboxylic acids is 2. The Hall–Kier alpha value is -2.74. The summed E-state index contributed by atoms with van der Waals surface area (Å²) in [5, 5.41) is 4.11. The summed E-state index contributed by atoms with van der Waals surface area (Å²) >= 11 is 0. The number of primary amides is 1. The van der Waals surface area contributed by atoms with E-state index in [0.717, 1.165) is 49.9 Å². The maximum absolute atomic E-state index is 12.3. The van der Waals surface area contributed by atoms with Crippen LogP contribution in [0.4, 0.5) is 5.82 Å². The molecule has 1 aliphatic carbocycles. The van der Waals surface area contributed by atoms with Crippen molar-refractivity contribution in [2.24, 2.45) is 17.6 Å². The van der Waals surface area contributed by atoms with Crippen LogP contribution in [0.25, 0.3) is 10.9 Å². The molecule has 1 aromatic carbocycles. The number of para-hydroxylation sites is 1. The fraction of sp³-hybridized carbons (Fsp3) is 0.545. The highest BCUT2D eigenvalue weighted by atomic mass is 16.2. The van der Waals surface area contributed by atoms with Crippen molar-refractivity contribution in [3.05, 3.63) is 30.1 Å². The molecule has 8 heteroatoms. The minimum absolute atomic E-state index is 0.0387. The molecule has 2 aromatic rings. The van der Waals surface area contributed by atoms with E-state index in [4.69, 9.17) is 15.7 Å². The van der Waals surface area contributed by atoms with Gasteiger partial charge in [0.15, 0.2) is 0 Å². The Morgan fingerprint density at radius 2 is 1.83 bits per heavy atom. The molecule has 0 radical (unpaired) electrons. The number of hydrogen-bond donors (Lipinski definition) is 2. The lowest BCUT2D eigenvalue weighted by atomic mass is 10.0. The predicted octanol–water partition coefficient (Wildman–Crippen LogP) is 1.61. The fourth-order valence-electron chi connectivity index (χ4n) is 3.93. The topological polar surface area (TPSA) is 104 Å². The summed E-state index contributed by atoms with van der Waals surface area (Å²) in [7, 11) is 0. The van der Waals surface area contributed by atoms with Gasteiger partial charge in [0, 0.05) is 37.5 Å². The second-order valence-corrected chi connectivity index (χ2v) is 8.65. The zero-order valence-electron chi connectivity index (χ0n) is 17.7. The van der Waals surface area contributed by atoms with Crippen LogP contribution in [0.2, 0.25) is 0 Å². The van der Waals surface area contributed by atoms with E-state index in [-0.39, 0.29) is 11.8 Å². The van der Waals surface area contributed by atoms with Crippen molar-refractivity contribution in [3.63, 3.8) is 0 Å².